The monoisotopic (exact) mass is 318 g/mol. The van der Waals surface area contributed by atoms with Crippen molar-refractivity contribution in [3.05, 3.63) is 21.7 Å². The van der Waals surface area contributed by atoms with Crippen LogP contribution in [0.1, 0.15) is 30.1 Å². The van der Waals surface area contributed by atoms with E-state index in [1.54, 1.807) is 0 Å². The molecule has 1 saturated heterocycles. The Balaban J connectivity index is 2.26. The minimum atomic E-state index is -0.588. The standard InChI is InChI=1S/C13H16Cl2N2O3/c1-2-17-5-3-4-9(17)16-13(20)10-11(18)7(14)6-8(15)12(10)19/h6,9,18-19H,2-5H2,1H3,(H,16,20). The number of phenols is 2. The Morgan fingerprint density at radius 3 is 2.55 bits per heavy atom. The number of likely N-dealkylation sites (tertiary alicyclic amines) is 1. The molecular weight excluding hydrogens is 303 g/mol. The van der Waals surface area contributed by atoms with Gasteiger partial charge in [0, 0.05) is 6.54 Å². The topological polar surface area (TPSA) is 72.8 Å². The van der Waals surface area contributed by atoms with E-state index in [4.69, 9.17) is 23.2 Å². The minimum absolute atomic E-state index is 0.0725. The largest absolute Gasteiger partial charge is 0.505 e. The van der Waals surface area contributed by atoms with E-state index in [-0.39, 0.29) is 21.8 Å². The lowest BCUT2D eigenvalue weighted by molar-refractivity contribution is 0.0884. The second-order valence-electron chi connectivity index (χ2n) is 4.67. The van der Waals surface area contributed by atoms with Gasteiger partial charge in [-0.3, -0.25) is 9.69 Å². The third-order valence-corrected chi connectivity index (χ3v) is 4.05. The first-order chi connectivity index (χ1) is 9.45. The normalized spacial score (nSPS) is 19.2. The van der Waals surface area contributed by atoms with Gasteiger partial charge in [0.15, 0.2) is 11.5 Å². The van der Waals surface area contributed by atoms with Gasteiger partial charge < -0.3 is 15.5 Å². The van der Waals surface area contributed by atoms with Gasteiger partial charge in [0.25, 0.3) is 5.91 Å². The highest BCUT2D eigenvalue weighted by Crippen LogP contribution is 2.39. The van der Waals surface area contributed by atoms with Crippen molar-refractivity contribution in [1.82, 2.24) is 10.2 Å². The molecule has 5 nitrogen and oxygen atoms in total. The van der Waals surface area contributed by atoms with Gasteiger partial charge in [-0.1, -0.05) is 30.1 Å². The van der Waals surface area contributed by atoms with Crippen LogP contribution in [-0.2, 0) is 0 Å². The molecule has 1 aromatic carbocycles. The summed E-state index contributed by atoms with van der Waals surface area (Å²) in [6.07, 6.45) is 1.71. The highest BCUT2D eigenvalue weighted by molar-refractivity contribution is 6.37. The zero-order chi connectivity index (χ0) is 14.9. The molecule has 0 spiro atoms. The zero-order valence-electron chi connectivity index (χ0n) is 11.0. The predicted octanol–water partition coefficient (Wildman–Crippen LogP) is 2.58. The van der Waals surface area contributed by atoms with E-state index in [1.165, 1.54) is 6.07 Å². The van der Waals surface area contributed by atoms with Crippen LogP contribution in [0.15, 0.2) is 6.07 Å². The Kier molecular flexibility index (Phi) is 4.62. The number of phenolic OH excluding ortho intramolecular Hbond substituents is 2. The molecule has 2 rings (SSSR count). The van der Waals surface area contributed by atoms with Crippen LogP contribution in [0.5, 0.6) is 11.5 Å². The third-order valence-electron chi connectivity index (χ3n) is 3.47. The van der Waals surface area contributed by atoms with Crippen molar-refractivity contribution in [3.8, 4) is 11.5 Å². The summed E-state index contributed by atoms with van der Waals surface area (Å²) in [4.78, 5) is 14.3. The summed E-state index contributed by atoms with van der Waals surface area (Å²) in [5, 5.41) is 22.3. The quantitative estimate of drug-likeness (QED) is 0.801. The van der Waals surface area contributed by atoms with E-state index in [0.29, 0.717) is 0 Å². The van der Waals surface area contributed by atoms with E-state index >= 15 is 0 Å². The van der Waals surface area contributed by atoms with Crippen LogP contribution in [0.2, 0.25) is 10.0 Å². The average Bonchev–Trinajstić information content (AvgIpc) is 2.84. The van der Waals surface area contributed by atoms with Gasteiger partial charge in [0.1, 0.15) is 5.56 Å². The molecule has 20 heavy (non-hydrogen) atoms. The van der Waals surface area contributed by atoms with E-state index in [2.05, 4.69) is 10.2 Å². The smallest absolute Gasteiger partial charge is 0.260 e. The van der Waals surface area contributed by atoms with Crippen molar-refractivity contribution in [2.75, 3.05) is 13.1 Å². The van der Waals surface area contributed by atoms with Crippen LogP contribution in [0.3, 0.4) is 0 Å². The second-order valence-corrected chi connectivity index (χ2v) is 5.49. The molecule has 0 aliphatic carbocycles. The average molecular weight is 319 g/mol. The molecule has 110 valence electrons. The molecule has 0 bridgehead atoms. The molecule has 0 saturated carbocycles. The molecular formula is C13H16Cl2N2O3. The van der Waals surface area contributed by atoms with Crippen molar-refractivity contribution >= 4 is 29.1 Å². The summed E-state index contributed by atoms with van der Waals surface area (Å²) in [7, 11) is 0. The molecule has 1 aliphatic rings. The first-order valence-corrected chi connectivity index (χ1v) is 7.16. The Hall–Kier alpha value is -1.17. The second kappa shape index (κ2) is 6.08. The van der Waals surface area contributed by atoms with E-state index < -0.39 is 17.4 Å². The molecule has 3 N–H and O–H groups in total. The predicted molar refractivity (Wildman–Crippen MR) is 77.5 cm³/mol. The maximum atomic E-state index is 12.2. The van der Waals surface area contributed by atoms with Crippen LogP contribution >= 0.6 is 23.2 Å². The zero-order valence-corrected chi connectivity index (χ0v) is 12.5. The Labute approximate surface area is 127 Å². The fraction of sp³-hybridized carbons (Fsp3) is 0.462. The molecule has 0 radical (unpaired) electrons. The SMILES string of the molecule is CCN1CCCC1NC(=O)c1c(O)c(Cl)cc(Cl)c1O. The lowest BCUT2D eigenvalue weighted by Crippen LogP contribution is -2.44. The van der Waals surface area contributed by atoms with Crippen LogP contribution in [0.4, 0.5) is 0 Å². The molecule has 0 aromatic heterocycles. The number of nitrogens with one attached hydrogen (secondary N) is 1. The summed E-state index contributed by atoms with van der Waals surface area (Å²) in [5.74, 6) is -1.52. The number of hydrogen-bond acceptors (Lipinski definition) is 4. The van der Waals surface area contributed by atoms with Crippen LogP contribution in [-0.4, -0.2) is 40.3 Å². The molecule has 1 amide bonds. The van der Waals surface area contributed by atoms with E-state index in [1.807, 2.05) is 6.92 Å². The lowest BCUT2D eigenvalue weighted by atomic mass is 10.1. The Morgan fingerprint density at radius 2 is 2.00 bits per heavy atom. The van der Waals surface area contributed by atoms with Gasteiger partial charge in [-0.2, -0.15) is 0 Å². The number of halogens is 2. The number of rotatable bonds is 3. The van der Waals surface area contributed by atoms with Crippen molar-refractivity contribution in [2.45, 2.75) is 25.9 Å². The highest BCUT2D eigenvalue weighted by atomic mass is 35.5. The molecule has 1 heterocycles. The third kappa shape index (κ3) is 2.80. The molecule has 1 atom stereocenters. The summed E-state index contributed by atoms with van der Waals surface area (Å²) < 4.78 is 0. The highest BCUT2D eigenvalue weighted by Gasteiger charge is 2.28. The number of benzene rings is 1. The first-order valence-electron chi connectivity index (χ1n) is 6.40. The van der Waals surface area contributed by atoms with Crippen LogP contribution in [0.25, 0.3) is 0 Å². The number of carbonyl (C=O) groups excluding carboxylic acids is 1. The van der Waals surface area contributed by atoms with Crippen molar-refractivity contribution in [3.63, 3.8) is 0 Å². The van der Waals surface area contributed by atoms with Gasteiger partial charge >= 0.3 is 0 Å². The fourth-order valence-corrected chi connectivity index (χ4v) is 2.87. The van der Waals surface area contributed by atoms with Crippen molar-refractivity contribution in [1.29, 1.82) is 0 Å². The Bertz CT molecular complexity index is 511. The molecule has 1 aliphatic heterocycles. The fourth-order valence-electron chi connectivity index (χ4n) is 2.41. The van der Waals surface area contributed by atoms with Crippen LogP contribution in [0, 0.1) is 0 Å². The first kappa shape index (κ1) is 15.2. The summed E-state index contributed by atoms with van der Waals surface area (Å²) >= 11 is 11.5. The van der Waals surface area contributed by atoms with Crippen molar-refractivity contribution in [2.24, 2.45) is 0 Å². The number of nitrogens with zero attached hydrogens (tertiary/aromatic N) is 1. The maximum Gasteiger partial charge on any atom is 0.260 e. The molecule has 1 unspecified atom stereocenters. The van der Waals surface area contributed by atoms with Gasteiger partial charge in [0.05, 0.1) is 16.2 Å². The Morgan fingerprint density at radius 1 is 1.40 bits per heavy atom. The summed E-state index contributed by atoms with van der Waals surface area (Å²) in [5.41, 5.74) is -0.287. The van der Waals surface area contributed by atoms with Gasteiger partial charge in [-0.05, 0) is 25.5 Å². The molecule has 1 fully saturated rings. The van der Waals surface area contributed by atoms with Crippen molar-refractivity contribution < 1.29 is 15.0 Å². The maximum absolute atomic E-state index is 12.2. The van der Waals surface area contributed by atoms with E-state index in [0.717, 1.165) is 25.9 Å². The van der Waals surface area contributed by atoms with Gasteiger partial charge in [-0.15, -0.1) is 0 Å². The number of hydrogen-bond donors (Lipinski definition) is 3. The summed E-state index contributed by atoms with van der Waals surface area (Å²) in [6.45, 7) is 3.74. The number of amides is 1. The lowest BCUT2D eigenvalue weighted by Gasteiger charge is -2.24. The number of aromatic hydroxyl groups is 2. The van der Waals surface area contributed by atoms with Crippen LogP contribution < -0.4 is 5.32 Å². The number of carbonyl (C=O) groups is 1. The summed E-state index contributed by atoms with van der Waals surface area (Å²) in [6, 6.07) is 1.19. The molecule has 7 heteroatoms. The van der Waals surface area contributed by atoms with E-state index in [9.17, 15) is 15.0 Å². The minimum Gasteiger partial charge on any atom is -0.505 e. The van der Waals surface area contributed by atoms with Gasteiger partial charge in [0.2, 0.25) is 0 Å². The molecule has 1 aromatic rings. The van der Waals surface area contributed by atoms with Gasteiger partial charge in [-0.25, -0.2) is 0 Å².